The van der Waals surface area contributed by atoms with Crippen LogP contribution >= 0.6 is 11.3 Å². The van der Waals surface area contributed by atoms with E-state index in [0.29, 0.717) is 0 Å². The van der Waals surface area contributed by atoms with Gasteiger partial charge in [-0.3, -0.25) is 4.99 Å². The molecule has 0 spiro atoms. The van der Waals surface area contributed by atoms with Crippen LogP contribution in [0.3, 0.4) is 0 Å². The van der Waals surface area contributed by atoms with Gasteiger partial charge in [0, 0.05) is 13.6 Å². The molecule has 3 N–H and O–H groups in total. The maximum atomic E-state index is 12.4. The molecule has 12 heteroatoms. The Bertz CT molecular complexity index is 884. The Hall–Kier alpha value is -2.31. The summed E-state index contributed by atoms with van der Waals surface area (Å²) in [6, 6.07) is 8.48. The lowest BCUT2D eigenvalue weighted by molar-refractivity contribution is -0.274. The quantitative estimate of drug-likeness (QED) is 0.528. The third-order valence-electron chi connectivity index (χ3n) is 3.23. The van der Waals surface area contributed by atoms with Gasteiger partial charge in [-0.25, -0.2) is 8.42 Å². The number of likely N-dealkylation sites (N-methyl/N-ethyl adjacent to an activating group) is 1. The molecule has 0 saturated carbocycles. The van der Waals surface area contributed by atoms with Crippen molar-refractivity contribution < 1.29 is 26.3 Å². The molecule has 0 fully saturated rings. The zero-order valence-corrected chi connectivity index (χ0v) is 15.7. The molecular formula is C15H17F3N4O3S2. The highest BCUT2D eigenvalue weighted by Crippen LogP contribution is 2.29. The molecule has 0 amide bonds. The van der Waals surface area contributed by atoms with Crippen LogP contribution in [0.15, 0.2) is 51.0 Å². The minimum absolute atomic E-state index is 0.0161. The standard InChI is InChI=1S/C15H17F3N4O3S2/c1-22(27(23,24)13-7-4-10-26-13)9-8-20-14(19)21-11-5-2-3-6-12(11)25-15(16,17)18/h2-7,10H,8-9H2,1H3,(H3,19,20,21). The van der Waals surface area contributed by atoms with E-state index in [1.54, 1.807) is 11.4 Å². The second-order valence-corrected chi connectivity index (χ2v) is 8.41. The number of aliphatic imine (C=N–C) groups is 1. The molecule has 1 aromatic carbocycles. The molecule has 0 aliphatic carbocycles. The van der Waals surface area contributed by atoms with Crippen LogP contribution in [0.2, 0.25) is 0 Å². The Morgan fingerprint density at radius 1 is 1.30 bits per heavy atom. The van der Waals surface area contributed by atoms with Gasteiger partial charge in [-0.05, 0) is 23.6 Å². The van der Waals surface area contributed by atoms with Gasteiger partial charge in [-0.1, -0.05) is 18.2 Å². The van der Waals surface area contributed by atoms with Gasteiger partial charge in [0.05, 0.1) is 12.2 Å². The molecule has 7 nitrogen and oxygen atoms in total. The van der Waals surface area contributed by atoms with Crippen LogP contribution in [0.5, 0.6) is 5.75 Å². The molecule has 0 aliphatic rings. The fourth-order valence-electron chi connectivity index (χ4n) is 1.96. The van der Waals surface area contributed by atoms with Gasteiger partial charge in [-0.15, -0.1) is 24.5 Å². The molecule has 1 heterocycles. The summed E-state index contributed by atoms with van der Waals surface area (Å²) in [7, 11) is -2.20. The number of halogens is 3. The van der Waals surface area contributed by atoms with Crippen LogP contribution in [0, 0.1) is 0 Å². The molecule has 0 atom stereocenters. The van der Waals surface area contributed by atoms with E-state index in [1.165, 1.54) is 31.3 Å². The molecule has 0 radical (unpaired) electrons. The summed E-state index contributed by atoms with van der Waals surface area (Å²) in [6.07, 6.45) is -4.84. The first-order valence-electron chi connectivity index (χ1n) is 7.51. The Labute approximate surface area is 158 Å². The van der Waals surface area contributed by atoms with E-state index in [9.17, 15) is 21.6 Å². The number of guanidine groups is 1. The van der Waals surface area contributed by atoms with Crippen molar-refractivity contribution in [3.63, 3.8) is 0 Å². The van der Waals surface area contributed by atoms with E-state index in [1.807, 2.05) is 0 Å². The number of nitrogens with two attached hydrogens (primary N) is 1. The van der Waals surface area contributed by atoms with E-state index >= 15 is 0 Å². The van der Waals surface area contributed by atoms with Crippen LogP contribution in [0.25, 0.3) is 0 Å². The number of hydrogen-bond acceptors (Lipinski definition) is 5. The largest absolute Gasteiger partial charge is 0.573 e. The monoisotopic (exact) mass is 422 g/mol. The first-order valence-corrected chi connectivity index (χ1v) is 9.83. The fourth-order valence-corrected chi connectivity index (χ4v) is 4.32. The number of nitrogens with zero attached hydrogens (tertiary/aromatic N) is 2. The van der Waals surface area contributed by atoms with Crippen LogP contribution in [-0.4, -0.2) is 45.2 Å². The van der Waals surface area contributed by atoms with Crippen molar-refractivity contribution in [2.75, 3.05) is 25.5 Å². The third-order valence-corrected chi connectivity index (χ3v) is 6.46. The highest BCUT2D eigenvalue weighted by Gasteiger charge is 2.32. The minimum Gasteiger partial charge on any atom is -0.404 e. The van der Waals surface area contributed by atoms with E-state index in [0.717, 1.165) is 21.7 Å². The van der Waals surface area contributed by atoms with Gasteiger partial charge in [0.1, 0.15) is 4.21 Å². The third kappa shape index (κ3) is 6.12. The molecule has 2 rings (SSSR count). The van der Waals surface area contributed by atoms with Crippen molar-refractivity contribution in [3.05, 3.63) is 41.8 Å². The summed E-state index contributed by atoms with van der Waals surface area (Å²) in [5.41, 5.74) is 5.65. The first-order chi connectivity index (χ1) is 12.6. The number of benzene rings is 1. The highest BCUT2D eigenvalue weighted by molar-refractivity contribution is 7.91. The maximum Gasteiger partial charge on any atom is 0.573 e. The van der Waals surface area contributed by atoms with Crippen molar-refractivity contribution in [1.82, 2.24) is 4.31 Å². The van der Waals surface area contributed by atoms with Gasteiger partial charge in [0.2, 0.25) is 0 Å². The lowest BCUT2D eigenvalue weighted by Crippen LogP contribution is -2.30. The second-order valence-electron chi connectivity index (χ2n) is 5.19. The molecule has 0 saturated heterocycles. The second kappa shape index (κ2) is 8.59. The number of sulfonamides is 1. The van der Waals surface area contributed by atoms with E-state index in [2.05, 4.69) is 15.0 Å². The zero-order valence-electron chi connectivity index (χ0n) is 14.1. The van der Waals surface area contributed by atoms with E-state index in [4.69, 9.17) is 5.73 Å². The van der Waals surface area contributed by atoms with Crippen LogP contribution < -0.4 is 15.8 Å². The summed E-state index contributed by atoms with van der Waals surface area (Å²) in [6.45, 7) is 0.0611. The van der Waals surface area contributed by atoms with Crippen molar-refractivity contribution in [1.29, 1.82) is 0 Å². The average Bonchev–Trinajstić information content (AvgIpc) is 3.10. The maximum absolute atomic E-state index is 12.4. The predicted molar refractivity (Wildman–Crippen MR) is 97.4 cm³/mol. The van der Waals surface area contributed by atoms with Crippen LogP contribution in [0.4, 0.5) is 18.9 Å². The Balaban J connectivity index is 1.97. The lowest BCUT2D eigenvalue weighted by atomic mass is 10.3. The summed E-state index contributed by atoms with van der Waals surface area (Å²) < 4.78 is 67.0. The fraction of sp³-hybridized carbons (Fsp3) is 0.267. The Morgan fingerprint density at radius 3 is 2.63 bits per heavy atom. The topological polar surface area (TPSA) is 97.0 Å². The number of rotatable bonds is 7. The number of para-hydroxylation sites is 2. The van der Waals surface area contributed by atoms with Crippen molar-refractivity contribution >= 4 is 33.0 Å². The van der Waals surface area contributed by atoms with E-state index in [-0.39, 0.29) is 28.9 Å². The number of hydrogen-bond donors (Lipinski definition) is 2. The van der Waals surface area contributed by atoms with Gasteiger partial charge < -0.3 is 15.8 Å². The van der Waals surface area contributed by atoms with E-state index < -0.39 is 22.1 Å². The number of nitrogens with one attached hydrogen (secondary N) is 1. The summed E-state index contributed by atoms with van der Waals surface area (Å²) in [5, 5.41) is 4.16. The molecule has 27 heavy (non-hydrogen) atoms. The molecule has 1 aromatic heterocycles. The molecule has 2 aromatic rings. The lowest BCUT2D eigenvalue weighted by Gasteiger charge is -2.15. The van der Waals surface area contributed by atoms with Crippen molar-refractivity contribution in [3.8, 4) is 5.75 Å². The smallest absolute Gasteiger partial charge is 0.404 e. The highest BCUT2D eigenvalue weighted by atomic mass is 32.2. The van der Waals surface area contributed by atoms with Gasteiger partial charge in [0.25, 0.3) is 10.0 Å². The number of ether oxygens (including phenoxy) is 1. The Morgan fingerprint density at radius 2 is 2.00 bits per heavy atom. The zero-order chi connectivity index (χ0) is 20.1. The van der Waals surface area contributed by atoms with Gasteiger partial charge in [0.15, 0.2) is 11.7 Å². The number of anilines is 1. The molecule has 0 unspecified atom stereocenters. The van der Waals surface area contributed by atoms with Gasteiger partial charge >= 0.3 is 6.36 Å². The normalized spacial score (nSPS) is 13.0. The van der Waals surface area contributed by atoms with Crippen molar-refractivity contribution in [2.45, 2.75) is 10.6 Å². The molecule has 148 valence electrons. The van der Waals surface area contributed by atoms with Crippen molar-refractivity contribution in [2.24, 2.45) is 10.7 Å². The molecule has 0 bridgehead atoms. The minimum atomic E-state index is -4.84. The average molecular weight is 422 g/mol. The molecule has 0 aliphatic heterocycles. The van der Waals surface area contributed by atoms with Crippen LogP contribution in [-0.2, 0) is 10.0 Å². The summed E-state index contributed by atoms with van der Waals surface area (Å²) >= 11 is 1.10. The Kier molecular flexibility index (Phi) is 6.68. The SMILES string of the molecule is CN(CCN=C(N)Nc1ccccc1OC(F)(F)F)S(=O)(=O)c1cccs1. The first kappa shape index (κ1) is 21.0. The predicted octanol–water partition coefficient (Wildman–Crippen LogP) is 2.69. The van der Waals surface area contributed by atoms with Gasteiger partial charge in [-0.2, -0.15) is 4.31 Å². The summed E-state index contributed by atoms with van der Waals surface area (Å²) in [5.74, 6) is -0.629. The number of alkyl halides is 3. The molecular weight excluding hydrogens is 405 g/mol. The summed E-state index contributed by atoms with van der Waals surface area (Å²) in [4.78, 5) is 3.94. The van der Waals surface area contributed by atoms with Crippen LogP contribution in [0.1, 0.15) is 0 Å². The number of thiophene rings is 1.